The minimum atomic E-state index is -0.282. The minimum absolute atomic E-state index is 0.282. The van der Waals surface area contributed by atoms with Crippen LogP contribution in [0.25, 0.3) is 0 Å². The first-order chi connectivity index (χ1) is 17.0. The Hall–Kier alpha value is -3.17. The molecule has 1 aliphatic rings. The highest BCUT2D eigenvalue weighted by Gasteiger charge is 2.21. The van der Waals surface area contributed by atoms with E-state index in [1.807, 2.05) is 25.1 Å². The zero-order chi connectivity index (χ0) is 24.6. The van der Waals surface area contributed by atoms with Crippen molar-refractivity contribution in [3.63, 3.8) is 0 Å². The number of rotatable bonds is 10. The van der Waals surface area contributed by atoms with Gasteiger partial charge >= 0.3 is 0 Å². The van der Waals surface area contributed by atoms with Crippen LogP contribution in [-0.2, 0) is 4.74 Å². The van der Waals surface area contributed by atoms with E-state index in [-0.39, 0.29) is 5.82 Å². The lowest BCUT2D eigenvalue weighted by Gasteiger charge is -2.36. The molecule has 0 saturated carbocycles. The van der Waals surface area contributed by atoms with Crippen molar-refractivity contribution in [1.82, 2.24) is 15.0 Å². The summed E-state index contributed by atoms with van der Waals surface area (Å²) in [6.07, 6.45) is 0.832. The Morgan fingerprint density at radius 3 is 2.51 bits per heavy atom. The quantitative estimate of drug-likeness (QED) is 0.382. The highest BCUT2D eigenvalue weighted by atomic mass is 35.5. The molecule has 2 N–H and O–H groups in total. The molecule has 1 aromatic heterocycles. The van der Waals surface area contributed by atoms with E-state index in [9.17, 15) is 4.39 Å². The molecule has 8 nitrogen and oxygen atoms in total. The Balaban J connectivity index is 1.49. The predicted octanol–water partition coefficient (Wildman–Crippen LogP) is 4.88. The van der Waals surface area contributed by atoms with Gasteiger partial charge in [0.2, 0.25) is 17.8 Å². The average Bonchev–Trinajstić information content (AvgIpc) is 2.86. The number of halogens is 2. The Morgan fingerprint density at radius 2 is 1.77 bits per heavy atom. The van der Waals surface area contributed by atoms with Gasteiger partial charge < -0.3 is 25.2 Å². The first kappa shape index (κ1) is 24.9. The highest BCUT2D eigenvalue weighted by molar-refractivity contribution is 6.30. The van der Waals surface area contributed by atoms with Crippen LogP contribution in [-0.4, -0.2) is 60.9 Å². The topological polar surface area (TPSA) is 78.4 Å². The van der Waals surface area contributed by atoms with Crippen LogP contribution in [0.5, 0.6) is 0 Å². The van der Waals surface area contributed by atoms with Crippen molar-refractivity contribution in [3.8, 4) is 0 Å². The van der Waals surface area contributed by atoms with Gasteiger partial charge in [0.05, 0.1) is 0 Å². The number of benzene rings is 2. The van der Waals surface area contributed by atoms with Gasteiger partial charge in [0, 0.05) is 62.3 Å². The second-order valence-corrected chi connectivity index (χ2v) is 8.74. The summed E-state index contributed by atoms with van der Waals surface area (Å²) in [4.78, 5) is 18.2. The van der Waals surface area contributed by atoms with E-state index < -0.39 is 0 Å². The Morgan fingerprint density at radius 1 is 1.00 bits per heavy atom. The molecule has 2 heterocycles. The molecule has 2 aromatic carbocycles. The van der Waals surface area contributed by atoms with Crippen LogP contribution in [0.15, 0.2) is 42.5 Å². The number of anilines is 5. The molecule has 0 spiro atoms. The summed E-state index contributed by atoms with van der Waals surface area (Å²) in [5.41, 5.74) is 2.27. The van der Waals surface area contributed by atoms with Crippen molar-refractivity contribution in [2.24, 2.45) is 0 Å². The summed E-state index contributed by atoms with van der Waals surface area (Å²) in [6, 6.07) is 12.9. The van der Waals surface area contributed by atoms with Crippen LogP contribution in [0, 0.1) is 12.7 Å². The fourth-order valence-corrected chi connectivity index (χ4v) is 3.98. The summed E-state index contributed by atoms with van der Waals surface area (Å²) in [6.45, 7) is 8.86. The molecule has 0 aliphatic carbocycles. The van der Waals surface area contributed by atoms with Gasteiger partial charge in [-0.3, -0.25) is 0 Å². The lowest BCUT2D eigenvalue weighted by atomic mass is 10.2. The van der Waals surface area contributed by atoms with Crippen LogP contribution in [0.3, 0.4) is 0 Å². The van der Waals surface area contributed by atoms with Gasteiger partial charge in [0.1, 0.15) is 5.82 Å². The van der Waals surface area contributed by atoms with Crippen LogP contribution in [0.1, 0.15) is 18.9 Å². The number of aryl methyl sites for hydroxylation is 1. The van der Waals surface area contributed by atoms with Crippen LogP contribution < -0.4 is 20.4 Å². The first-order valence-electron chi connectivity index (χ1n) is 11.9. The molecule has 3 aromatic rings. The summed E-state index contributed by atoms with van der Waals surface area (Å²) >= 11 is 6.17. The molecule has 1 saturated heterocycles. The molecule has 4 rings (SSSR count). The van der Waals surface area contributed by atoms with E-state index in [0.717, 1.165) is 43.3 Å². The van der Waals surface area contributed by atoms with Gasteiger partial charge in [0.15, 0.2) is 0 Å². The maximum absolute atomic E-state index is 14.1. The van der Waals surface area contributed by atoms with Crippen molar-refractivity contribution in [1.29, 1.82) is 0 Å². The van der Waals surface area contributed by atoms with Crippen molar-refractivity contribution in [2.75, 3.05) is 66.4 Å². The zero-order valence-electron chi connectivity index (χ0n) is 20.1. The Kier molecular flexibility index (Phi) is 8.54. The number of hydrogen-bond donors (Lipinski definition) is 2. The van der Waals surface area contributed by atoms with Gasteiger partial charge in [-0.05, 0) is 56.2 Å². The molecule has 1 fully saturated rings. The van der Waals surface area contributed by atoms with Gasteiger partial charge in [-0.1, -0.05) is 23.7 Å². The zero-order valence-corrected chi connectivity index (χ0v) is 20.9. The standard InChI is InChI=1S/C25H31ClFN7O/c1-3-35-15-5-10-28-23-30-24(29-20-9-8-18(2)22(27)17-20)32-25(31-23)34-13-11-33(12-14-34)21-7-4-6-19(26)16-21/h4,6-9,16-17H,3,5,10-15H2,1-2H3,(H2,28,29,30,31,32). The van der Waals surface area contributed by atoms with E-state index in [0.29, 0.717) is 48.9 Å². The number of nitrogens with zero attached hydrogens (tertiary/aromatic N) is 5. The molecule has 35 heavy (non-hydrogen) atoms. The van der Waals surface area contributed by atoms with Gasteiger partial charge in [-0.15, -0.1) is 0 Å². The monoisotopic (exact) mass is 499 g/mol. The number of piperazine rings is 1. The second kappa shape index (κ2) is 12.0. The molecule has 0 atom stereocenters. The third kappa shape index (κ3) is 6.93. The fourth-order valence-electron chi connectivity index (χ4n) is 3.80. The maximum Gasteiger partial charge on any atom is 0.233 e. The third-order valence-electron chi connectivity index (χ3n) is 5.74. The Bertz CT molecular complexity index is 1120. The molecule has 0 radical (unpaired) electrons. The highest BCUT2D eigenvalue weighted by Crippen LogP contribution is 2.24. The van der Waals surface area contributed by atoms with Crippen LogP contribution in [0.4, 0.5) is 33.6 Å². The van der Waals surface area contributed by atoms with E-state index in [1.54, 1.807) is 19.1 Å². The molecular weight excluding hydrogens is 469 g/mol. The third-order valence-corrected chi connectivity index (χ3v) is 5.98. The summed E-state index contributed by atoms with van der Waals surface area (Å²) in [5, 5.41) is 7.11. The van der Waals surface area contributed by atoms with Gasteiger partial charge in [0.25, 0.3) is 0 Å². The number of hydrogen-bond acceptors (Lipinski definition) is 8. The second-order valence-electron chi connectivity index (χ2n) is 8.30. The van der Waals surface area contributed by atoms with Crippen molar-refractivity contribution in [3.05, 3.63) is 58.9 Å². The molecule has 0 amide bonds. The molecule has 10 heteroatoms. The van der Waals surface area contributed by atoms with E-state index in [1.165, 1.54) is 6.07 Å². The fraction of sp³-hybridized carbons (Fsp3) is 0.400. The molecule has 0 bridgehead atoms. The minimum Gasteiger partial charge on any atom is -0.382 e. The predicted molar refractivity (Wildman–Crippen MR) is 140 cm³/mol. The normalized spacial score (nSPS) is 13.7. The van der Waals surface area contributed by atoms with E-state index in [4.69, 9.17) is 16.3 Å². The average molecular weight is 500 g/mol. The van der Waals surface area contributed by atoms with Gasteiger partial charge in [-0.25, -0.2) is 4.39 Å². The molecular formula is C25H31ClFN7O. The van der Waals surface area contributed by atoms with Crippen molar-refractivity contribution >= 4 is 40.8 Å². The largest absolute Gasteiger partial charge is 0.382 e. The maximum atomic E-state index is 14.1. The van der Waals surface area contributed by atoms with Crippen LogP contribution in [0.2, 0.25) is 5.02 Å². The molecule has 186 valence electrons. The summed E-state index contributed by atoms with van der Waals surface area (Å²) in [5.74, 6) is 1.13. The number of aromatic nitrogens is 3. The van der Waals surface area contributed by atoms with Crippen molar-refractivity contribution in [2.45, 2.75) is 20.3 Å². The smallest absolute Gasteiger partial charge is 0.233 e. The Labute approximate surface area is 210 Å². The lowest BCUT2D eigenvalue weighted by Crippen LogP contribution is -2.47. The molecule has 0 unspecified atom stereocenters. The lowest BCUT2D eigenvalue weighted by molar-refractivity contribution is 0.147. The van der Waals surface area contributed by atoms with E-state index >= 15 is 0 Å². The first-order valence-corrected chi connectivity index (χ1v) is 12.3. The van der Waals surface area contributed by atoms with Crippen LogP contribution >= 0.6 is 11.6 Å². The number of nitrogens with one attached hydrogen (secondary N) is 2. The SMILES string of the molecule is CCOCCCNc1nc(Nc2ccc(C)c(F)c2)nc(N2CCN(c3cccc(Cl)c3)CC2)n1. The van der Waals surface area contributed by atoms with E-state index in [2.05, 4.69) is 41.5 Å². The van der Waals surface area contributed by atoms with Gasteiger partial charge in [-0.2, -0.15) is 15.0 Å². The summed E-state index contributed by atoms with van der Waals surface area (Å²) < 4.78 is 19.5. The number of ether oxygens (including phenoxy) is 1. The van der Waals surface area contributed by atoms with Crippen molar-refractivity contribution < 1.29 is 9.13 Å². The molecule has 1 aliphatic heterocycles. The summed E-state index contributed by atoms with van der Waals surface area (Å²) in [7, 11) is 0.